The van der Waals surface area contributed by atoms with Crippen molar-refractivity contribution < 1.29 is 14.3 Å². The summed E-state index contributed by atoms with van der Waals surface area (Å²) in [5.74, 6) is 0.661. The van der Waals surface area contributed by atoms with E-state index in [4.69, 9.17) is 9.47 Å². The van der Waals surface area contributed by atoms with Crippen molar-refractivity contribution in [3.05, 3.63) is 17.8 Å². The molecule has 28 heavy (non-hydrogen) atoms. The van der Waals surface area contributed by atoms with Gasteiger partial charge in [-0.15, -0.1) is 0 Å². The van der Waals surface area contributed by atoms with Crippen LogP contribution in [0.5, 0.6) is 6.01 Å². The summed E-state index contributed by atoms with van der Waals surface area (Å²) in [4.78, 5) is 20.2. The molecule has 0 radical (unpaired) electrons. The molecular formula is C21H30N4O3. The normalized spacial score (nSPS) is 23.5. The molecule has 7 nitrogen and oxygen atoms in total. The predicted molar refractivity (Wildman–Crippen MR) is 106 cm³/mol. The second-order valence-corrected chi connectivity index (χ2v) is 8.29. The molecule has 2 aromatic rings. The smallest absolute Gasteiger partial charge is 0.298 e. The van der Waals surface area contributed by atoms with Crippen LogP contribution in [-0.4, -0.2) is 45.3 Å². The summed E-state index contributed by atoms with van der Waals surface area (Å²) >= 11 is 0. The Morgan fingerprint density at radius 2 is 1.96 bits per heavy atom. The molecule has 2 aliphatic carbocycles. The number of pyridine rings is 1. The summed E-state index contributed by atoms with van der Waals surface area (Å²) in [6.45, 7) is 4.04. The van der Waals surface area contributed by atoms with Crippen molar-refractivity contribution >= 4 is 17.1 Å². The number of nitrogens with one attached hydrogen (secondary N) is 1. The molecule has 2 saturated carbocycles. The third-order valence-corrected chi connectivity index (χ3v) is 5.69. The van der Waals surface area contributed by atoms with Crippen molar-refractivity contribution in [3.63, 3.8) is 0 Å². The number of fused-ring (bicyclic) bond motifs is 1. The van der Waals surface area contributed by atoms with Crippen LogP contribution in [0.15, 0.2) is 12.3 Å². The average molecular weight is 386 g/mol. The summed E-state index contributed by atoms with van der Waals surface area (Å²) < 4.78 is 14.2. The van der Waals surface area contributed by atoms with Crippen molar-refractivity contribution in [2.75, 3.05) is 6.61 Å². The molecule has 0 bridgehead atoms. The lowest BCUT2D eigenvalue weighted by atomic mass is 9.95. The lowest BCUT2D eigenvalue weighted by Gasteiger charge is -2.29. The Labute approximate surface area is 165 Å². The van der Waals surface area contributed by atoms with E-state index in [9.17, 15) is 4.79 Å². The van der Waals surface area contributed by atoms with E-state index < -0.39 is 0 Å². The topological polar surface area (TPSA) is 78.3 Å². The fourth-order valence-electron chi connectivity index (χ4n) is 3.94. The molecule has 4 rings (SSSR count). The van der Waals surface area contributed by atoms with Gasteiger partial charge in [0.1, 0.15) is 6.10 Å². The van der Waals surface area contributed by atoms with Crippen LogP contribution in [0.25, 0.3) is 11.2 Å². The Kier molecular flexibility index (Phi) is 5.53. The Hall–Kier alpha value is -2.15. The summed E-state index contributed by atoms with van der Waals surface area (Å²) in [6, 6.07) is 2.90. The minimum absolute atomic E-state index is 0.0191. The molecule has 0 spiro atoms. The van der Waals surface area contributed by atoms with E-state index in [2.05, 4.69) is 21.4 Å². The number of carbonyl (C=O) groups excluding carboxylic acids is 1. The Balaban J connectivity index is 1.30. The molecule has 7 heteroatoms. The van der Waals surface area contributed by atoms with Crippen LogP contribution < -0.4 is 10.1 Å². The Morgan fingerprint density at radius 1 is 1.25 bits per heavy atom. The molecule has 2 heterocycles. The fraction of sp³-hybridized carbons (Fsp3) is 0.667. The Morgan fingerprint density at radius 3 is 2.64 bits per heavy atom. The maximum atomic E-state index is 11.1. The average Bonchev–Trinajstić information content (AvgIpc) is 3.47. The van der Waals surface area contributed by atoms with Gasteiger partial charge in [-0.2, -0.15) is 4.98 Å². The van der Waals surface area contributed by atoms with Crippen molar-refractivity contribution in [2.24, 2.45) is 7.05 Å². The number of ether oxygens (including phenoxy) is 2. The van der Waals surface area contributed by atoms with Gasteiger partial charge in [0.15, 0.2) is 5.65 Å². The molecule has 0 aromatic carbocycles. The Bertz CT molecular complexity index is 838. The summed E-state index contributed by atoms with van der Waals surface area (Å²) in [7, 11) is 2.00. The van der Waals surface area contributed by atoms with E-state index in [-0.39, 0.29) is 24.2 Å². The van der Waals surface area contributed by atoms with Gasteiger partial charge in [-0.1, -0.05) is 0 Å². The first kappa shape index (κ1) is 19.2. The second-order valence-electron chi connectivity index (χ2n) is 8.29. The number of carbonyl (C=O) groups is 1. The zero-order chi connectivity index (χ0) is 19.7. The number of imidazole rings is 1. The fourth-order valence-corrected chi connectivity index (χ4v) is 3.94. The minimum atomic E-state index is -0.0191. The van der Waals surface area contributed by atoms with Crippen molar-refractivity contribution in [1.82, 2.24) is 19.9 Å². The zero-order valence-electron chi connectivity index (χ0n) is 17.0. The molecule has 152 valence electrons. The maximum Gasteiger partial charge on any atom is 0.298 e. The quantitative estimate of drug-likeness (QED) is 0.791. The molecule has 1 N–H and O–H groups in total. The highest BCUT2D eigenvalue weighted by atomic mass is 16.5. The standard InChI is InChI=1S/C21H30N4O3/c1-13(23-14(2)26)12-27-17-6-8-18(9-7-17)28-21-24-20-19(25(21)3)10-16(11-22-20)15-4-5-15/h10-11,13,15,17-18H,4-9,12H2,1-3H3,(H,23,26)/t13-,17-,18-/m0/s1. The van der Waals surface area contributed by atoms with Crippen molar-refractivity contribution in [1.29, 1.82) is 0 Å². The summed E-state index contributed by atoms with van der Waals surface area (Å²) in [6.07, 6.45) is 8.71. The van der Waals surface area contributed by atoms with Gasteiger partial charge in [0.05, 0.1) is 18.2 Å². The first-order valence-corrected chi connectivity index (χ1v) is 10.4. The number of hydrogen-bond donors (Lipinski definition) is 1. The number of rotatable bonds is 7. The van der Waals surface area contributed by atoms with Crippen LogP contribution in [0.3, 0.4) is 0 Å². The van der Waals surface area contributed by atoms with E-state index >= 15 is 0 Å². The van der Waals surface area contributed by atoms with Crippen LogP contribution in [-0.2, 0) is 16.6 Å². The molecule has 1 amide bonds. The van der Waals surface area contributed by atoms with Crippen LogP contribution >= 0.6 is 0 Å². The van der Waals surface area contributed by atoms with Gasteiger partial charge in [0.25, 0.3) is 6.01 Å². The number of aryl methyl sites for hydroxylation is 1. The van der Waals surface area contributed by atoms with Gasteiger partial charge in [-0.3, -0.25) is 9.36 Å². The molecule has 2 fully saturated rings. The van der Waals surface area contributed by atoms with Crippen LogP contribution in [0.4, 0.5) is 0 Å². The highest BCUT2D eigenvalue weighted by Crippen LogP contribution is 2.40. The first-order chi connectivity index (χ1) is 13.5. The van der Waals surface area contributed by atoms with E-state index in [1.807, 2.05) is 24.7 Å². The zero-order valence-corrected chi connectivity index (χ0v) is 17.0. The van der Waals surface area contributed by atoms with Crippen molar-refractivity contribution in [3.8, 4) is 6.01 Å². The number of amides is 1. The minimum Gasteiger partial charge on any atom is -0.461 e. The van der Waals surface area contributed by atoms with Gasteiger partial charge in [-0.05, 0) is 63.0 Å². The largest absolute Gasteiger partial charge is 0.461 e. The molecule has 0 aliphatic heterocycles. The highest BCUT2D eigenvalue weighted by molar-refractivity contribution is 5.73. The number of aromatic nitrogens is 3. The lowest BCUT2D eigenvalue weighted by molar-refractivity contribution is -0.120. The van der Waals surface area contributed by atoms with E-state index in [0.717, 1.165) is 36.8 Å². The highest BCUT2D eigenvalue weighted by Gasteiger charge is 2.27. The second kappa shape index (κ2) is 8.07. The monoisotopic (exact) mass is 386 g/mol. The van der Waals surface area contributed by atoms with Gasteiger partial charge in [-0.25, -0.2) is 4.98 Å². The van der Waals surface area contributed by atoms with Crippen LogP contribution in [0.1, 0.15) is 63.9 Å². The van der Waals surface area contributed by atoms with Gasteiger partial charge in [0, 0.05) is 26.2 Å². The SMILES string of the molecule is CC(=O)N[C@@H](C)CO[C@H]1CC[C@H](Oc2nc3ncc(C4CC4)cc3n2C)CC1. The lowest BCUT2D eigenvalue weighted by Crippen LogP contribution is -2.37. The molecule has 0 saturated heterocycles. The van der Waals surface area contributed by atoms with Gasteiger partial charge in [0.2, 0.25) is 5.91 Å². The molecular weight excluding hydrogens is 356 g/mol. The molecule has 1 atom stereocenters. The molecule has 0 unspecified atom stereocenters. The molecule has 2 aromatic heterocycles. The van der Waals surface area contributed by atoms with Crippen molar-refractivity contribution in [2.45, 2.75) is 76.5 Å². The molecule has 2 aliphatic rings. The predicted octanol–water partition coefficient (Wildman–Crippen LogP) is 3.08. The third-order valence-electron chi connectivity index (χ3n) is 5.69. The van der Waals surface area contributed by atoms with Crippen LogP contribution in [0, 0.1) is 0 Å². The first-order valence-electron chi connectivity index (χ1n) is 10.4. The maximum absolute atomic E-state index is 11.1. The summed E-state index contributed by atoms with van der Waals surface area (Å²) in [5, 5.41) is 2.85. The number of nitrogens with zero attached hydrogens (tertiary/aromatic N) is 3. The van der Waals surface area contributed by atoms with Crippen LogP contribution in [0.2, 0.25) is 0 Å². The van der Waals surface area contributed by atoms with E-state index in [1.54, 1.807) is 0 Å². The van der Waals surface area contributed by atoms with Gasteiger partial charge >= 0.3 is 0 Å². The van der Waals surface area contributed by atoms with E-state index in [0.29, 0.717) is 18.5 Å². The third kappa shape index (κ3) is 4.46. The summed E-state index contributed by atoms with van der Waals surface area (Å²) in [5.41, 5.74) is 3.11. The van der Waals surface area contributed by atoms with Gasteiger partial charge < -0.3 is 14.8 Å². The van der Waals surface area contributed by atoms with E-state index in [1.165, 1.54) is 25.3 Å². The number of hydrogen-bond acceptors (Lipinski definition) is 5.